The monoisotopic (exact) mass is 324 g/mol. The predicted octanol–water partition coefficient (Wildman–Crippen LogP) is 1.85. The number of esters is 1. The summed E-state index contributed by atoms with van der Waals surface area (Å²) in [6.07, 6.45) is 5.94. The number of guanidine groups is 1. The molecular formula is C16H26N3O4-. The van der Waals surface area contributed by atoms with E-state index in [1.807, 2.05) is 0 Å². The van der Waals surface area contributed by atoms with Crippen LogP contribution in [0.2, 0.25) is 0 Å². The van der Waals surface area contributed by atoms with Gasteiger partial charge in [0.2, 0.25) is 0 Å². The summed E-state index contributed by atoms with van der Waals surface area (Å²) < 4.78 is 4.88. The maximum Gasteiger partial charge on any atom is 0.307 e. The number of amides is 2. The zero-order valence-corrected chi connectivity index (χ0v) is 13.9. The highest BCUT2D eigenvalue weighted by Crippen LogP contribution is 2.32. The predicted molar refractivity (Wildman–Crippen MR) is 86.3 cm³/mol. The molecule has 1 heterocycles. The van der Waals surface area contributed by atoms with Crippen molar-refractivity contribution in [3.8, 4) is 0 Å². The van der Waals surface area contributed by atoms with E-state index < -0.39 is 29.2 Å². The van der Waals surface area contributed by atoms with Crippen LogP contribution in [0, 0.1) is 5.41 Å². The molecule has 0 bridgehead atoms. The molecule has 0 atom stereocenters. The number of nitrogens with zero attached hydrogens (tertiary/aromatic N) is 1. The molecule has 0 aliphatic carbocycles. The Hall–Kier alpha value is -1.92. The summed E-state index contributed by atoms with van der Waals surface area (Å²) >= 11 is 0. The summed E-state index contributed by atoms with van der Waals surface area (Å²) in [5.41, 5.74) is -1.51. The Bertz CT molecular complexity index is 442. The summed E-state index contributed by atoms with van der Waals surface area (Å²) in [7, 11) is 0. The van der Waals surface area contributed by atoms with E-state index in [-0.39, 0.29) is 19.4 Å². The van der Waals surface area contributed by atoms with Gasteiger partial charge < -0.3 is 20.8 Å². The van der Waals surface area contributed by atoms with Gasteiger partial charge in [0.1, 0.15) is 5.41 Å². The molecule has 1 aliphatic heterocycles. The van der Waals surface area contributed by atoms with Gasteiger partial charge in [-0.15, -0.1) is 0 Å². The fourth-order valence-corrected chi connectivity index (χ4v) is 2.73. The average molecular weight is 324 g/mol. The second-order valence-electron chi connectivity index (χ2n) is 5.84. The van der Waals surface area contributed by atoms with E-state index >= 15 is 0 Å². The molecule has 0 aromatic rings. The van der Waals surface area contributed by atoms with Gasteiger partial charge in [-0.3, -0.25) is 14.4 Å². The van der Waals surface area contributed by atoms with Gasteiger partial charge in [0.15, 0.2) is 11.8 Å². The molecule has 7 nitrogen and oxygen atoms in total. The van der Waals surface area contributed by atoms with Gasteiger partial charge in [0, 0.05) is 5.96 Å². The molecule has 0 saturated carbocycles. The first kappa shape index (κ1) is 19.1. The van der Waals surface area contributed by atoms with Crippen LogP contribution in [-0.2, 0) is 19.1 Å². The summed E-state index contributed by atoms with van der Waals surface area (Å²) in [5.74, 6) is -2.49. The van der Waals surface area contributed by atoms with Gasteiger partial charge in [-0.25, -0.2) is 0 Å². The van der Waals surface area contributed by atoms with Crippen molar-refractivity contribution in [2.75, 3.05) is 6.61 Å². The van der Waals surface area contributed by atoms with E-state index in [0.29, 0.717) is 6.42 Å². The lowest BCUT2D eigenvalue weighted by Crippen LogP contribution is -2.63. The summed E-state index contributed by atoms with van der Waals surface area (Å²) in [5, 5.41) is 13.7. The molecule has 7 heteroatoms. The zero-order chi connectivity index (χ0) is 17.3. The quantitative estimate of drug-likeness (QED) is 0.363. The number of carbonyl (C=O) groups excluding carboxylic acids is 3. The van der Waals surface area contributed by atoms with E-state index in [0.717, 1.165) is 32.1 Å². The molecule has 0 spiro atoms. The van der Waals surface area contributed by atoms with Gasteiger partial charge in [-0.2, -0.15) is 0 Å². The molecule has 1 fully saturated rings. The highest BCUT2D eigenvalue weighted by molar-refractivity contribution is 6.22. The van der Waals surface area contributed by atoms with Crippen molar-refractivity contribution in [3.63, 3.8) is 0 Å². The molecule has 0 aromatic heterocycles. The molecule has 1 saturated heterocycles. The molecule has 2 amide bonds. The third kappa shape index (κ3) is 5.33. The number of carbonyl (C=O) groups is 3. The summed E-state index contributed by atoms with van der Waals surface area (Å²) in [4.78, 5) is 36.4. The molecule has 23 heavy (non-hydrogen) atoms. The van der Waals surface area contributed by atoms with Crippen molar-refractivity contribution in [1.29, 1.82) is 0 Å². The van der Waals surface area contributed by atoms with Crippen LogP contribution in [0.5, 0.6) is 0 Å². The Kier molecular flexibility index (Phi) is 7.71. The first-order valence-electron chi connectivity index (χ1n) is 8.30. The van der Waals surface area contributed by atoms with Crippen molar-refractivity contribution >= 4 is 23.7 Å². The Labute approximate surface area is 137 Å². The molecule has 0 aromatic carbocycles. The first-order chi connectivity index (χ1) is 11.0. The standard InChI is InChI=1S/C16H26N3O4/c1-3-5-6-7-8-9-10-16(11-12(20)23-4-2)13(21)18-15(17)19-14(16)22/h3-11H2,1-2H3,(H2-,17,18,19,21,22)/q-1. The van der Waals surface area contributed by atoms with Gasteiger partial charge in [0.05, 0.1) is 13.0 Å². The van der Waals surface area contributed by atoms with Crippen LogP contribution < -0.4 is 10.6 Å². The Morgan fingerprint density at radius 3 is 2.17 bits per heavy atom. The minimum Gasteiger partial charge on any atom is -0.466 e. The molecule has 2 N–H and O–H groups in total. The average Bonchev–Trinajstić information content (AvgIpc) is 2.48. The lowest BCUT2D eigenvalue weighted by Gasteiger charge is -2.39. The third-order valence-electron chi connectivity index (χ3n) is 4.04. The van der Waals surface area contributed by atoms with E-state index in [9.17, 15) is 19.8 Å². The van der Waals surface area contributed by atoms with Crippen LogP contribution >= 0.6 is 0 Å². The largest absolute Gasteiger partial charge is 0.466 e. The number of hydrogen-bond donors (Lipinski definition) is 2. The van der Waals surface area contributed by atoms with Crippen LogP contribution in [-0.4, -0.2) is 30.4 Å². The molecule has 1 rings (SSSR count). The fourth-order valence-electron chi connectivity index (χ4n) is 2.73. The van der Waals surface area contributed by atoms with Gasteiger partial charge in [-0.05, 0) is 13.3 Å². The van der Waals surface area contributed by atoms with Crippen LogP contribution in [0.15, 0.2) is 0 Å². The topological polar surface area (TPSA) is 107 Å². The number of nitrogens with one attached hydrogen (secondary N) is 2. The van der Waals surface area contributed by atoms with E-state index in [4.69, 9.17) is 4.74 Å². The number of unbranched alkanes of at least 4 members (excludes halogenated alkanes) is 5. The van der Waals surface area contributed by atoms with Crippen molar-refractivity contribution in [2.24, 2.45) is 5.41 Å². The molecular weight excluding hydrogens is 298 g/mol. The number of hydrogen-bond acceptors (Lipinski definition) is 4. The lowest BCUT2D eigenvalue weighted by atomic mass is 9.76. The van der Waals surface area contributed by atoms with Gasteiger partial charge in [-0.1, -0.05) is 45.4 Å². The molecule has 0 radical (unpaired) electrons. The Balaban J connectivity index is 2.72. The van der Waals surface area contributed by atoms with Gasteiger partial charge >= 0.3 is 5.97 Å². The van der Waals surface area contributed by atoms with Crippen LogP contribution in [0.3, 0.4) is 0 Å². The van der Waals surface area contributed by atoms with Crippen molar-refractivity contribution in [2.45, 2.75) is 65.2 Å². The first-order valence-corrected chi connectivity index (χ1v) is 8.30. The van der Waals surface area contributed by atoms with Crippen molar-refractivity contribution < 1.29 is 19.1 Å². The van der Waals surface area contributed by atoms with Crippen LogP contribution in [0.25, 0.3) is 5.41 Å². The Morgan fingerprint density at radius 2 is 1.61 bits per heavy atom. The highest BCUT2D eigenvalue weighted by atomic mass is 16.5. The lowest BCUT2D eigenvalue weighted by molar-refractivity contribution is -0.156. The molecule has 130 valence electrons. The normalized spacial score (nSPS) is 16.7. The van der Waals surface area contributed by atoms with Gasteiger partial charge in [0.25, 0.3) is 0 Å². The third-order valence-corrected chi connectivity index (χ3v) is 4.04. The minimum absolute atomic E-state index is 0.187. The number of ether oxygens (including phenoxy) is 1. The number of rotatable bonds is 10. The maximum absolute atomic E-state index is 12.3. The Morgan fingerprint density at radius 1 is 1.04 bits per heavy atom. The molecule has 0 unspecified atom stereocenters. The zero-order valence-electron chi connectivity index (χ0n) is 13.9. The second-order valence-corrected chi connectivity index (χ2v) is 5.84. The van der Waals surface area contributed by atoms with Crippen LogP contribution in [0.1, 0.15) is 65.2 Å². The van der Waals surface area contributed by atoms with Crippen molar-refractivity contribution in [1.82, 2.24) is 10.6 Å². The fraction of sp³-hybridized carbons (Fsp3) is 0.750. The minimum atomic E-state index is -1.51. The van der Waals surface area contributed by atoms with E-state index in [1.54, 1.807) is 6.92 Å². The van der Waals surface area contributed by atoms with E-state index in [1.165, 1.54) is 0 Å². The summed E-state index contributed by atoms with van der Waals surface area (Å²) in [6.45, 7) is 3.99. The van der Waals surface area contributed by atoms with Crippen LogP contribution in [0.4, 0.5) is 0 Å². The summed E-state index contributed by atoms with van der Waals surface area (Å²) in [6, 6.07) is 0. The van der Waals surface area contributed by atoms with Crippen molar-refractivity contribution in [3.05, 3.63) is 5.41 Å². The molecule has 1 aliphatic rings. The SMILES string of the molecule is CCCCCCCCC1(CC(=O)OCC)C(=O)NC(=[N-])NC1=O. The second kappa shape index (κ2) is 9.27. The maximum atomic E-state index is 12.3. The highest BCUT2D eigenvalue weighted by Gasteiger charge is 2.46. The smallest absolute Gasteiger partial charge is 0.307 e. The van der Waals surface area contributed by atoms with E-state index in [2.05, 4.69) is 17.6 Å².